The summed E-state index contributed by atoms with van der Waals surface area (Å²) in [4.78, 5) is 10.9. The van der Waals surface area contributed by atoms with E-state index in [1.54, 1.807) is 17.6 Å². The number of carbonyl (C=O) groups is 1. The highest BCUT2D eigenvalue weighted by Crippen LogP contribution is 2.33. The van der Waals surface area contributed by atoms with Crippen LogP contribution in [0.4, 0.5) is 0 Å². The number of fused-ring (bicyclic) bond motifs is 1. The summed E-state index contributed by atoms with van der Waals surface area (Å²) in [6, 6.07) is 3.40. The normalized spacial score (nSPS) is 16.9. The second-order valence-corrected chi connectivity index (χ2v) is 5.42. The van der Waals surface area contributed by atoms with Crippen molar-refractivity contribution in [3.63, 3.8) is 0 Å². The Bertz CT molecular complexity index is 679. The van der Waals surface area contributed by atoms with E-state index >= 15 is 0 Å². The maximum atomic E-state index is 10.9. The zero-order valence-electron chi connectivity index (χ0n) is 11.0. The van der Waals surface area contributed by atoms with Crippen LogP contribution in [0.15, 0.2) is 17.6 Å². The number of carboxylic acid groups (broad SMARTS) is 1. The Kier molecular flexibility index (Phi) is 3.62. The van der Waals surface area contributed by atoms with Gasteiger partial charge in [-0.05, 0) is 35.6 Å². The third kappa shape index (κ3) is 2.75. The first-order valence-corrected chi connectivity index (χ1v) is 7.06. The van der Waals surface area contributed by atoms with Crippen LogP contribution in [0.2, 0.25) is 0 Å². The zero-order valence-corrected chi connectivity index (χ0v) is 11.8. The molecule has 1 aliphatic heterocycles. The highest BCUT2D eigenvalue weighted by molar-refractivity contribution is 7.11. The van der Waals surface area contributed by atoms with Gasteiger partial charge in [-0.3, -0.25) is 4.79 Å². The largest absolute Gasteiger partial charge is 0.492 e. The summed E-state index contributed by atoms with van der Waals surface area (Å²) >= 11 is 1.25. The van der Waals surface area contributed by atoms with E-state index in [2.05, 4.69) is 10.2 Å². The Morgan fingerprint density at radius 1 is 1.57 bits per heavy atom. The van der Waals surface area contributed by atoms with E-state index in [4.69, 9.17) is 14.5 Å². The lowest BCUT2D eigenvalue weighted by atomic mass is 9.77. The van der Waals surface area contributed by atoms with Gasteiger partial charge >= 0.3 is 13.1 Å². The first kappa shape index (κ1) is 14.0. The standard InChI is InChI=1S/C12H11BN2O5S/c1-6-2-7(19-12-15-14-5-21-12)3-8-11(6)9(4-10(16)17)20-13(8)18/h2-3,5,9,18H,4H2,1H3,(H,16,17)/t9-/m1/s1. The second-order valence-electron chi connectivity index (χ2n) is 4.62. The van der Waals surface area contributed by atoms with Crippen molar-refractivity contribution in [1.29, 1.82) is 0 Å². The molecule has 108 valence electrons. The molecule has 0 spiro atoms. The van der Waals surface area contributed by atoms with Gasteiger partial charge in [0.25, 0.3) is 5.19 Å². The maximum Gasteiger partial charge on any atom is 0.492 e. The number of rotatable bonds is 4. The molecular weight excluding hydrogens is 295 g/mol. The molecule has 7 nitrogen and oxygen atoms in total. The molecular formula is C12H11BN2O5S. The summed E-state index contributed by atoms with van der Waals surface area (Å²) in [5.41, 5.74) is 3.58. The fourth-order valence-electron chi connectivity index (χ4n) is 2.41. The van der Waals surface area contributed by atoms with Crippen molar-refractivity contribution in [1.82, 2.24) is 10.2 Å². The molecule has 0 radical (unpaired) electrons. The smallest absolute Gasteiger partial charge is 0.481 e. The number of ether oxygens (including phenoxy) is 1. The van der Waals surface area contributed by atoms with Crippen LogP contribution in [-0.2, 0) is 9.45 Å². The predicted molar refractivity (Wildman–Crippen MR) is 74.8 cm³/mol. The van der Waals surface area contributed by atoms with Gasteiger partial charge in [-0.1, -0.05) is 16.4 Å². The van der Waals surface area contributed by atoms with E-state index in [1.807, 2.05) is 6.92 Å². The summed E-state index contributed by atoms with van der Waals surface area (Å²) in [5.74, 6) is -0.477. The van der Waals surface area contributed by atoms with Crippen molar-refractivity contribution in [2.24, 2.45) is 0 Å². The van der Waals surface area contributed by atoms with Crippen molar-refractivity contribution in [2.45, 2.75) is 19.4 Å². The third-order valence-electron chi connectivity index (χ3n) is 3.18. The number of carboxylic acids is 1. The molecule has 0 fully saturated rings. The van der Waals surface area contributed by atoms with E-state index < -0.39 is 19.2 Å². The quantitative estimate of drug-likeness (QED) is 0.808. The maximum absolute atomic E-state index is 10.9. The van der Waals surface area contributed by atoms with Gasteiger partial charge in [-0.25, -0.2) is 0 Å². The molecule has 21 heavy (non-hydrogen) atoms. The number of aromatic nitrogens is 2. The molecule has 3 rings (SSSR count). The minimum Gasteiger partial charge on any atom is -0.481 e. The van der Waals surface area contributed by atoms with Crippen molar-refractivity contribution >= 4 is 29.9 Å². The van der Waals surface area contributed by atoms with Gasteiger partial charge in [0, 0.05) is 0 Å². The van der Waals surface area contributed by atoms with Gasteiger partial charge in [0.05, 0.1) is 12.5 Å². The number of aliphatic carboxylic acids is 1. The number of benzene rings is 1. The van der Waals surface area contributed by atoms with Gasteiger partial charge < -0.3 is 19.5 Å². The summed E-state index contributed by atoms with van der Waals surface area (Å²) in [6.07, 6.45) is -0.843. The highest BCUT2D eigenvalue weighted by atomic mass is 32.1. The van der Waals surface area contributed by atoms with E-state index in [0.29, 0.717) is 22.0 Å². The molecule has 9 heteroatoms. The van der Waals surface area contributed by atoms with Crippen LogP contribution in [0.25, 0.3) is 0 Å². The molecule has 2 aromatic rings. The Labute approximate surface area is 124 Å². The van der Waals surface area contributed by atoms with Crippen molar-refractivity contribution in [3.05, 3.63) is 28.8 Å². The molecule has 1 aromatic carbocycles. The van der Waals surface area contributed by atoms with Crippen LogP contribution in [0.5, 0.6) is 10.9 Å². The first-order valence-electron chi connectivity index (χ1n) is 6.18. The Balaban J connectivity index is 1.94. The molecule has 0 saturated heterocycles. The molecule has 2 heterocycles. The molecule has 1 aromatic heterocycles. The molecule has 0 aliphatic carbocycles. The fourth-order valence-corrected chi connectivity index (χ4v) is 2.83. The lowest BCUT2D eigenvalue weighted by molar-refractivity contribution is -0.138. The number of hydrogen-bond donors (Lipinski definition) is 2. The van der Waals surface area contributed by atoms with Gasteiger partial charge in [0.2, 0.25) is 0 Å². The van der Waals surface area contributed by atoms with Crippen molar-refractivity contribution in [3.8, 4) is 10.9 Å². The molecule has 1 aliphatic rings. The van der Waals surface area contributed by atoms with Gasteiger partial charge in [-0.15, -0.1) is 5.10 Å². The van der Waals surface area contributed by atoms with E-state index in [9.17, 15) is 9.82 Å². The summed E-state index contributed by atoms with van der Waals surface area (Å²) < 4.78 is 10.9. The highest BCUT2D eigenvalue weighted by Gasteiger charge is 2.37. The lowest BCUT2D eigenvalue weighted by Crippen LogP contribution is -2.28. The second kappa shape index (κ2) is 5.43. The van der Waals surface area contributed by atoms with Crippen LogP contribution in [0, 0.1) is 6.92 Å². The monoisotopic (exact) mass is 306 g/mol. The number of hydrogen-bond acceptors (Lipinski definition) is 7. The Morgan fingerprint density at radius 3 is 3.05 bits per heavy atom. The Morgan fingerprint density at radius 2 is 2.38 bits per heavy atom. The van der Waals surface area contributed by atoms with Crippen LogP contribution < -0.4 is 10.2 Å². The summed E-state index contributed by atoms with van der Waals surface area (Å²) in [5, 5.41) is 26.7. The molecule has 0 unspecified atom stereocenters. The number of nitrogens with zero attached hydrogens (tertiary/aromatic N) is 2. The molecule has 0 bridgehead atoms. The van der Waals surface area contributed by atoms with Crippen LogP contribution in [0.3, 0.4) is 0 Å². The minimum absolute atomic E-state index is 0.193. The summed E-state index contributed by atoms with van der Waals surface area (Å²) in [7, 11) is -1.15. The number of aryl methyl sites for hydroxylation is 1. The van der Waals surface area contributed by atoms with Crippen molar-refractivity contribution in [2.75, 3.05) is 0 Å². The summed E-state index contributed by atoms with van der Waals surface area (Å²) in [6.45, 7) is 1.82. The topological polar surface area (TPSA) is 102 Å². The first-order chi connectivity index (χ1) is 10.0. The molecule has 2 N–H and O–H groups in total. The fraction of sp³-hybridized carbons (Fsp3) is 0.250. The molecule has 1 atom stereocenters. The molecule has 0 amide bonds. The third-order valence-corrected chi connectivity index (χ3v) is 3.75. The van der Waals surface area contributed by atoms with Gasteiger partial charge in [-0.2, -0.15) is 0 Å². The predicted octanol–water partition coefficient (Wildman–Crippen LogP) is 0.872. The van der Waals surface area contributed by atoms with E-state index in [-0.39, 0.29) is 6.42 Å². The van der Waals surface area contributed by atoms with E-state index in [1.165, 1.54) is 11.3 Å². The molecule has 0 saturated carbocycles. The average Bonchev–Trinajstić information content (AvgIpc) is 2.98. The Hall–Kier alpha value is -1.97. The van der Waals surface area contributed by atoms with Crippen LogP contribution in [0.1, 0.15) is 23.7 Å². The van der Waals surface area contributed by atoms with Gasteiger partial charge in [0.1, 0.15) is 11.3 Å². The van der Waals surface area contributed by atoms with Gasteiger partial charge in [0.15, 0.2) is 0 Å². The zero-order chi connectivity index (χ0) is 15.0. The van der Waals surface area contributed by atoms with Crippen LogP contribution in [-0.4, -0.2) is 33.4 Å². The minimum atomic E-state index is -1.15. The van der Waals surface area contributed by atoms with Crippen LogP contribution >= 0.6 is 11.3 Å². The SMILES string of the molecule is Cc1cc(Oc2nncs2)cc2c1[C@@H](CC(=O)O)OB2O. The average molecular weight is 306 g/mol. The van der Waals surface area contributed by atoms with Crippen molar-refractivity contribution < 1.29 is 24.3 Å². The lowest BCUT2D eigenvalue weighted by Gasteiger charge is -2.12. The van der Waals surface area contributed by atoms with E-state index in [0.717, 1.165) is 5.56 Å².